The summed E-state index contributed by atoms with van der Waals surface area (Å²) in [6, 6.07) is -2.88. The molecule has 4 amide bonds. The van der Waals surface area contributed by atoms with Crippen molar-refractivity contribution in [3.05, 3.63) is 0 Å². The van der Waals surface area contributed by atoms with Crippen LogP contribution in [-0.4, -0.2) is 181 Å². The molecule has 9 unspecified atom stereocenters. The molecular formula is C39H64N4O18. The van der Waals surface area contributed by atoms with E-state index in [1.165, 1.54) is 0 Å². The Morgan fingerprint density at radius 3 is 1.84 bits per heavy atom. The van der Waals surface area contributed by atoms with Crippen LogP contribution in [0.2, 0.25) is 0 Å². The van der Waals surface area contributed by atoms with Gasteiger partial charge >= 0.3 is 18.3 Å². The maximum Gasteiger partial charge on any atom is 0.408 e. The average Bonchev–Trinajstić information content (AvgIpc) is 3.49. The number of aliphatic hydroxyl groups is 7. The molecule has 22 nitrogen and oxygen atoms in total. The molecule has 0 aromatic rings. The predicted molar refractivity (Wildman–Crippen MR) is 208 cm³/mol. The van der Waals surface area contributed by atoms with Gasteiger partial charge in [0, 0.05) is 19.4 Å². The number of rotatable bonds is 13. The van der Waals surface area contributed by atoms with E-state index < -0.39 is 145 Å². The summed E-state index contributed by atoms with van der Waals surface area (Å²) in [6.45, 7) is 13.1. The summed E-state index contributed by atoms with van der Waals surface area (Å²) in [5, 5.41) is 88.2. The Labute approximate surface area is 354 Å². The van der Waals surface area contributed by atoms with E-state index in [2.05, 4.69) is 27.2 Å². The van der Waals surface area contributed by atoms with E-state index in [1.54, 1.807) is 62.3 Å². The molecule has 0 aromatic carbocycles. The van der Waals surface area contributed by atoms with Crippen molar-refractivity contribution in [2.24, 2.45) is 0 Å². The number of hydrogen-bond acceptors (Lipinski definition) is 18. The topological polar surface area (TPSA) is 323 Å². The van der Waals surface area contributed by atoms with Crippen LogP contribution in [0.5, 0.6) is 0 Å². The molecule has 0 bridgehead atoms. The molecule has 2 saturated heterocycles. The van der Waals surface area contributed by atoms with Gasteiger partial charge in [0.15, 0.2) is 12.6 Å². The minimum Gasteiger partial charge on any atom is -0.444 e. The Hall–Kier alpha value is -3.60. The number of carbonyl (C=O) groups is 4. The first kappa shape index (κ1) is 50.0. The Bertz CT molecular complexity index is 1610. The molecule has 4 rings (SSSR count). The number of terminal acetylenes is 1. The number of nitrogens with one attached hydrogen (secondary N) is 4. The van der Waals surface area contributed by atoms with Crippen molar-refractivity contribution in [1.29, 1.82) is 0 Å². The lowest BCUT2D eigenvalue weighted by molar-refractivity contribution is -0.320. The first-order valence-electron chi connectivity index (χ1n) is 20.1. The number of unbranched alkanes of at least 4 members (excludes halogenated alkanes) is 1. The zero-order valence-corrected chi connectivity index (χ0v) is 35.9. The molecule has 2 aliphatic heterocycles. The summed E-state index contributed by atoms with van der Waals surface area (Å²) >= 11 is 0. The van der Waals surface area contributed by atoms with Gasteiger partial charge in [-0.15, -0.1) is 12.3 Å². The maximum absolute atomic E-state index is 13.5. The molecule has 0 spiro atoms. The second kappa shape index (κ2) is 19.0. The first-order chi connectivity index (χ1) is 28.1. The van der Waals surface area contributed by atoms with Crippen molar-refractivity contribution in [2.75, 3.05) is 13.2 Å². The fourth-order valence-electron chi connectivity index (χ4n) is 7.59. The van der Waals surface area contributed by atoms with Gasteiger partial charge in [-0.05, 0) is 75.2 Å². The Morgan fingerprint density at radius 2 is 1.28 bits per heavy atom. The third-order valence-electron chi connectivity index (χ3n) is 10.3. The number of carbonyl (C=O) groups excluding carboxylic acids is 4. The van der Waals surface area contributed by atoms with Gasteiger partial charge in [0.2, 0.25) is 5.91 Å². The highest BCUT2D eigenvalue weighted by molar-refractivity contribution is 5.76. The molecule has 2 heterocycles. The minimum atomic E-state index is -2.46. The Kier molecular flexibility index (Phi) is 15.6. The number of fused-ring (bicyclic) bond motifs is 1. The van der Waals surface area contributed by atoms with Crippen LogP contribution in [0.15, 0.2) is 0 Å². The van der Waals surface area contributed by atoms with Crippen molar-refractivity contribution in [1.82, 2.24) is 21.3 Å². The van der Waals surface area contributed by atoms with Gasteiger partial charge in [-0.3, -0.25) is 4.79 Å². The van der Waals surface area contributed by atoms with Gasteiger partial charge in [-0.2, -0.15) is 0 Å². The lowest BCUT2D eigenvalue weighted by Crippen LogP contribution is -2.66. The molecule has 11 N–H and O–H groups in total. The fraction of sp³-hybridized carbons (Fsp3) is 0.846. The number of ether oxygens (including phenoxy) is 7. The van der Waals surface area contributed by atoms with Crippen LogP contribution in [0.4, 0.5) is 14.4 Å². The average molecular weight is 877 g/mol. The van der Waals surface area contributed by atoms with Gasteiger partial charge in [-0.1, -0.05) is 0 Å². The van der Waals surface area contributed by atoms with Crippen LogP contribution in [0.1, 0.15) is 88.0 Å². The number of alkyl carbamates (subject to hydrolysis) is 3. The van der Waals surface area contributed by atoms with Crippen LogP contribution < -0.4 is 21.3 Å². The molecule has 22 heteroatoms. The Balaban J connectivity index is 1.71. The third kappa shape index (κ3) is 11.9. The van der Waals surface area contributed by atoms with E-state index in [-0.39, 0.29) is 13.0 Å². The zero-order valence-electron chi connectivity index (χ0n) is 35.9. The van der Waals surface area contributed by atoms with Gasteiger partial charge in [0.25, 0.3) is 0 Å². The van der Waals surface area contributed by atoms with Crippen LogP contribution >= 0.6 is 0 Å². The van der Waals surface area contributed by atoms with E-state index in [9.17, 15) is 54.9 Å². The highest BCUT2D eigenvalue weighted by Crippen LogP contribution is 2.63. The third-order valence-corrected chi connectivity index (χ3v) is 10.3. The molecule has 15 atom stereocenters. The largest absolute Gasteiger partial charge is 0.444 e. The summed E-state index contributed by atoms with van der Waals surface area (Å²) < 4.78 is 40.2. The summed E-state index contributed by atoms with van der Waals surface area (Å²) in [5.41, 5.74) is -7.50. The molecule has 0 radical (unpaired) electrons. The molecule has 61 heavy (non-hydrogen) atoms. The normalized spacial score (nSPS) is 37.3. The van der Waals surface area contributed by atoms with E-state index >= 15 is 0 Å². The highest BCUT2D eigenvalue weighted by atomic mass is 16.7. The van der Waals surface area contributed by atoms with E-state index in [0.29, 0.717) is 12.8 Å². The van der Waals surface area contributed by atoms with Crippen LogP contribution in [0.3, 0.4) is 0 Å². The Morgan fingerprint density at radius 1 is 0.738 bits per heavy atom. The van der Waals surface area contributed by atoms with Crippen molar-refractivity contribution in [2.45, 2.75) is 196 Å². The monoisotopic (exact) mass is 876 g/mol. The standard InChI is InChI=1S/C39H64N4O18/c1-11-12-13-14-21(45)40-16-19-24(47)26(49)27(50)30(55-19)57-28-18(41-32(51)59-35(2,3)4)15-38(43-34(53)61-37(8,9)10)31(39(28,38)54)58-29-25(48)22(23(46)20(17-44)56-29)42-33(52)60-36(5,6)7/h1,18-20,22-31,44,46-50,54H,12-17H2,2-10H3,(H,40,45)(H,41,51)(H,42,52)(H,43,53)/t18?,19?,20?,22?,23-,24+,25?,26?,27?,28+,29-,30+,31?,38+,39?/m0/s1. The second-order valence-electron chi connectivity index (χ2n) is 18.7. The second-order valence-corrected chi connectivity index (χ2v) is 18.7. The fourth-order valence-corrected chi connectivity index (χ4v) is 7.59. The smallest absolute Gasteiger partial charge is 0.408 e. The van der Waals surface area contributed by atoms with E-state index in [4.69, 9.17) is 39.6 Å². The molecule has 4 fully saturated rings. The number of amides is 4. The molecule has 2 aliphatic carbocycles. The lowest BCUT2D eigenvalue weighted by atomic mass is 9.96. The summed E-state index contributed by atoms with van der Waals surface area (Å²) in [7, 11) is 0. The maximum atomic E-state index is 13.5. The first-order valence-corrected chi connectivity index (χ1v) is 20.1. The van der Waals surface area contributed by atoms with E-state index in [1.807, 2.05) is 0 Å². The summed E-state index contributed by atoms with van der Waals surface area (Å²) in [4.78, 5) is 51.9. The van der Waals surface area contributed by atoms with Gasteiger partial charge in [-0.25, -0.2) is 14.4 Å². The number of aliphatic hydroxyl groups excluding tert-OH is 6. The van der Waals surface area contributed by atoms with Gasteiger partial charge in [0.1, 0.15) is 82.9 Å². The highest BCUT2D eigenvalue weighted by Gasteiger charge is 2.88. The van der Waals surface area contributed by atoms with Crippen molar-refractivity contribution >= 4 is 24.2 Å². The predicted octanol–water partition coefficient (Wildman–Crippen LogP) is -1.88. The van der Waals surface area contributed by atoms with Crippen molar-refractivity contribution in [3.63, 3.8) is 0 Å². The molecular weight excluding hydrogens is 812 g/mol. The number of hydrogen-bond donors (Lipinski definition) is 11. The molecule has 348 valence electrons. The minimum absolute atomic E-state index is 0.0502. The van der Waals surface area contributed by atoms with Crippen LogP contribution in [-0.2, 0) is 38.0 Å². The van der Waals surface area contributed by atoms with Crippen LogP contribution in [0.25, 0.3) is 0 Å². The SMILES string of the molecule is C#CCCCC(=O)NCC1O[C@H](O[C@@H]2C(NC(=O)OC(C)(C)C)C[C@@]3(NC(=O)OC(C)(C)C)C(O[C@@H]4OC(CO)[C@H](O)C(NC(=O)OC(C)(C)C)C4O)C23O)C(O)C(O)[C@@H]1O. The van der Waals surface area contributed by atoms with Crippen LogP contribution in [0, 0.1) is 12.3 Å². The summed E-state index contributed by atoms with van der Waals surface area (Å²) in [6.07, 6.45) is -16.8. The van der Waals surface area contributed by atoms with Crippen molar-refractivity contribution in [3.8, 4) is 12.3 Å². The summed E-state index contributed by atoms with van der Waals surface area (Å²) in [5.74, 6) is 1.97. The molecule has 4 aliphatic rings. The molecule has 0 aromatic heterocycles. The van der Waals surface area contributed by atoms with E-state index in [0.717, 1.165) is 0 Å². The lowest BCUT2D eigenvalue weighted by Gasteiger charge is -2.43. The van der Waals surface area contributed by atoms with Gasteiger partial charge < -0.3 is 90.2 Å². The molecule has 2 saturated carbocycles. The zero-order chi connectivity index (χ0) is 46.0. The van der Waals surface area contributed by atoms with Gasteiger partial charge in [0.05, 0.1) is 18.7 Å². The van der Waals surface area contributed by atoms with Crippen molar-refractivity contribution < 1.29 is 88.1 Å². The quantitative estimate of drug-likeness (QED) is 0.0548.